The normalized spacial score (nSPS) is 18.0. The van der Waals surface area contributed by atoms with Gasteiger partial charge in [0.15, 0.2) is 0 Å². The highest BCUT2D eigenvalue weighted by Gasteiger charge is 2.40. The van der Waals surface area contributed by atoms with Gasteiger partial charge in [0.2, 0.25) is 15.9 Å². The average molecular weight is 467 g/mol. The van der Waals surface area contributed by atoms with E-state index in [0.717, 1.165) is 16.2 Å². The first-order valence-electron chi connectivity index (χ1n) is 8.26. The third-order valence-corrected chi connectivity index (χ3v) is 7.46. The minimum Gasteiger partial charge on any atom is -0.325 e. The van der Waals surface area contributed by atoms with Crippen LogP contribution < -0.4 is 5.32 Å². The fourth-order valence-electron chi connectivity index (χ4n) is 3.16. The number of hydrogen-bond acceptors (Lipinski definition) is 6. The molecule has 7 nitrogen and oxygen atoms in total. The van der Waals surface area contributed by atoms with Crippen LogP contribution in [0.15, 0.2) is 51.8 Å². The molecule has 0 radical (unpaired) electrons. The predicted octanol–water partition coefficient (Wildman–Crippen LogP) is 3.25. The van der Waals surface area contributed by atoms with Crippen molar-refractivity contribution in [1.82, 2.24) is 13.1 Å². The summed E-state index contributed by atoms with van der Waals surface area (Å²) in [6.07, 6.45) is 1.11. The zero-order chi connectivity index (χ0) is 19.0. The Morgan fingerprint density at radius 2 is 1.96 bits per heavy atom. The Hall–Kier alpha value is -1.88. The second-order valence-electron chi connectivity index (χ2n) is 6.16. The fourth-order valence-corrected chi connectivity index (χ4v) is 5.84. The molecule has 0 bridgehead atoms. The number of aromatic nitrogens is 2. The van der Waals surface area contributed by atoms with Gasteiger partial charge in [-0.3, -0.25) is 4.79 Å². The van der Waals surface area contributed by atoms with E-state index in [1.54, 1.807) is 24.3 Å². The van der Waals surface area contributed by atoms with E-state index < -0.39 is 16.1 Å². The predicted molar refractivity (Wildman–Crippen MR) is 107 cm³/mol. The zero-order valence-corrected chi connectivity index (χ0v) is 17.2. The lowest BCUT2D eigenvalue weighted by atomic mass is 10.2. The van der Waals surface area contributed by atoms with Crippen molar-refractivity contribution in [3.8, 4) is 0 Å². The number of rotatable bonds is 4. The van der Waals surface area contributed by atoms with Crippen molar-refractivity contribution in [3.63, 3.8) is 0 Å². The molecule has 0 unspecified atom stereocenters. The lowest BCUT2D eigenvalue weighted by Crippen LogP contribution is -2.43. The largest absolute Gasteiger partial charge is 0.325 e. The molecule has 4 rings (SSSR count). The summed E-state index contributed by atoms with van der Waals surface area (Å²) in [4.78, 5) is 12.8. The molecule has 27 heavy (non-hydrogen) atoms. The number of halogens is 1. The molecule has 2 heterocycles. The second kappa shape index (κ2) is 7.27. The lowest BCUT2D eigenvalue weighted by Gasteiger charge is -2.23. The maximum Gasteiger partial charge on any atom is 0.246 e. The SMILES string of the molecule is O=C(Nc1ccc(Br)cc1)[C@H]1CCCN1S(=O)(=O)c1cccc2nsnc12. The summed E-state index contributed by atoms with van der Waals surface area (Å²) in [5, 5.41) is 2.80. The molecule has 1 atom stereocenters. The topological polar surface area (TPSA) is 92.3 Å². The quantitative estimate of drug-likeness (QED) is 0.636. The highest BCUT2D eigenvalue weighted by molar-refractivity contribution is 9.10. The molecule has 1 N–H and O–H groups in total. The van der Waals surface area contributed by atoms with Crippen molar-refractivity contribution in [1.29, 1.82) is 0 Å². The van der Waals surface area contributed by atoms with Gasteiger partial charge < -0.3 is 5.32 Å². The van der Waals surface area contributed by atoms with E-state index in [0.29, 0.717) is 36.1 Å². The molecule has 2 aromatic carbocycles. The van der Waals surface area contributed by atoms with Crippen LogP contribution in [0.25, 0.3) is 11.0 Å². The van der Waals surface area contributed by atoms with E-state index in [4.69, 9.17) is 0 Å². The van der Waals surface area contributed by atoms with Crippen LogP contribution in [0, 0.1) is 0 Å². The van der Waals surface area contributed by atoms with Crippen molar-refractivity contribution >= 4 is 60.3 Å². The number of hydrogen-bond donors (Lipinski definition) is 1. The molecular weight excluding hydrogens is 452 g/mol. The first-order chi connectivity index (χ1) is 13.0. The maximum absolute atomic E-state index is 13.2. The van der Waals surface area contributed by atoms with Gasteiger partial charge in [-0.15, -0.1) is 0 Å². The first-order valence-corrected chi connectivity index (χ1v) is 11.2. The van der Waals surface area contributed by atoms with Crippen molar-refractivity contribution in [3.05, 3.63) is 46.9 Å². The maximum atomic E-state index is 13.2. The van der Waals surface area contributed by atoms with Crippen LogP contribution in [0.2, 0.25) is 0 Å². The lowest BCUT2D eigenvalue weighted by molar-refractivity contribution is -0.119. The highest BCUT2D eigenvalue weighted by Crippen LogP contribution is 2.30. The van der Waals surface area contributed by atoms with Gasteiger partial charge in [-0.1, -0.05) is 22.0 Å². The second-order valence-corrected chi connectivity index (χ2v) is 9.46. The highest BCUT2D eigenvalue weighted by atomic mass is 79.9. The van der Waals surface area contributed by atoms with Crippen LogP contribution in [-0.2, 0) is 14.8 Å². The minimum absolute atomic E-state index is 0.0945. The molecule has 0 saturated carbocycles. The molecular formula is C17H15BrN4O3S2. The Balaban J connectivity index is 1.63. The van der Waals surface area contributed by atoms with Gasteiger partial charge in [0.25, 0.3) is 0 Å². The molecule has 1 saturated heterocycles. The molecule has 1 aliphatic heterocycles. The van der Waals surface area contributed by atoms with Crippen LogP contribution >= 0.6 is 27.7 Å². The first kappa shape index (κ1) is 18.5. The molecule has 10 heteroatoms. The zero-order valence-electron chi connectivity index (χ0n) is 14.0. The molecule has 0 aliphatic carbocycles. The standard InChI is InChI=1S/C17H15BrN4O3S2/c18-11-6-8-12(9-7-11)19-17(23)14-4-2-10-22(14)27(24,25)15-5-1-3-13-16(15)21-26-20-13/h1,3,5-9,14H,2,4,10H2,(H,19,23)/t14-/m1/s1. The number of benzene rings is 2. The van der Waals surface area contributed by atoms with Crippen LogP contribution in [0.3, 0.4) is 0 Å². The minimum atomic E-state index is -3.86. The number of nitrogens with zero attached hydrogens (tertiary/aromatic N) is 3. The van der Waals surface area contributed by atoms with Crippen LogP contribution in [-0.4, -0.2) is 40.0 Å². The molecule has 140 valence electrons. The number of amides is 1. The van der Waals surface area contributed by atoms with E-state index >= 15 is 0 Å². The van der Waals surface area contributed by atoms with E-state index in [-0.39, 0.29) is 10.8 Å². The molecule has 0 spiro atoms. The van der Waals surface area contributed by atoms with Gasteiger partial charge in [-0.05, 0) is 49.2 Å². The van der Waals surface area contributed by atoms with Gasteiger partial charge in [0.1, 0.15) is 22.0 Å². The molecule has 3 aromatic rings. The van der Waals surface area contributed by atoms with Crippen molar-refractivity contribution in [2.75, 3.05) is 11.9 Å². The van der Waals surface area contributed by atoms with Crippen LogP contribution in [0.1, 0.15) is 12.8 Å². The number of fused-ring (bicyclic) bond motifs is 1. The molecule has 1 aromatic heterocycles. The van der Waals surface area contributed by atoms with Gasteiger partial charge in [0.05, 0.1) is 11.7 Å². The van der Waals surface area contributed by atoms with Gasteiger partial charge in [-0.25, -0.2) is 8.42 Å². The summed E-state index contributed by atoms with van der Waals surface area (Å²) in [5.74, 6) is -0.332. The summed E-state index contributed by atoms with van der Waals surface area (Å²) >= 11 is 4.32. The van der Waals surface area contributed by atoms with Crippen LogP contribution in [0.4, 0.5) is 5.69 Å². The smallest absolute Gasteiger partial charge is 0.246 e. The number of carbonyl (C=O) groups excluding carboxylic acids is 1. The Morgan fingerprint density at radius 1 is 1.19 bits per heavy atom. The van der Waals surface area contributed by atoms with Crippen molar-refractivity contribution in [2.24, 2.45) is 0 Å². The van der Waals surface area contributed by atoms with Crippen LogP contribution in [0.5, 0.6) is 0 Å². The molecule has 1 amide bonds. The third-order valence-electron chi connectivity index (χ3n) is 4.45. The Bertz CT molecular complexity index is 1100. The monoisotopic (exact) mass is 466 g/mol. The molecule has 1 fully saturated rings. The summed E-state index contributed by atoms with van der Waals surface area (Å²) in [6, 6.07) is 11.3. The Kier molecular flexibility index (Phi) is 4.97. The van der Waals surface area contributed by atoms with Gasteiger partial charge in [0, 0.05) is 16.7 Å². The summed E-state index contributed by atoms with van der Waals surface area (Å²) in [5.41, 5.74) is 1.51. The average Bonchev–Trinajstić information content (AvgIpc) is 3.32. The number of anilines is 1. The third kappa shape index (κ3) is 3.49. The van der Waals surface area contributed by atoms with E-state index in [1.165, 1.54) is 10.4 Å². The van der Waals surface area contributed by atoms with Crippen molar-refractivity contribution in [2.45, 2.75) is 23.8 Å². The summed E-state index contributed by atoms with van der Waals surface area (Å²) < 4.78 is 36.9. The van der Waals surface area contributed by atoms with Gasteiger partial charge in [-0.2, -0.15) is 13.1 Å². The number of sulfonamides is 1. The van der Waals surface area contributed by atoms with E-state index in [1.807, 2.05) is 12.1 Å². The van der Waals surface area contributed by atoms with E-state index in [2.05, 4.69) is 30.0 Å². The number of nitrogens with one attached hydrogen (secondary N) is 1. The summed E-state index contributed by atoms with van der Waals surface area (Å²) in [7, 11) is -3.86. The van der Waals surface area contributed by atoms with E-state index in [9.17, 15) is 13.2 Å². The number of carbonyl (C=O) groups is 1. The fraction of sp³-hybridized carbons (Fsp3) is 0.235. The Labute approximate surface area is 168 Å². The van der Waals surface area contributed by atoms with Crippen molar-refractivity contribution < 1.29 is 13.2 Å². The summed E-state index contributed by atoms with van der Waals surface area (Å²) in [6.45, 7) is 0.300. The van der Waals surface area contributed by atoms with Gasteiger partial charge >= 0.3 is 0 Å². The Morgan fingerprint density at radius 3 is 2.74 bits per heavy atom. The molecule has 1 aliphatic rings.